The van der Waals surface area contributed by atoms with E-state index in [1.54, 1.807) is 29.2 Å². The Bertz CT molecular complexity index is 927. The van der Waals surface area contributed by atoms with E-state index in [0.29, 0.717) is 10.8 Å². The van der Waals surface area contributed by atoms with Gasteiger partial charge in [0.15, 0.2) is 5.17 Å². The van der Waals surface area contributed by atoms with E-state index >= 15 is 0 Å². The highest BCUT2D eigenvalue weighted by molar-refractivity contribution is 8.13. The minimum absolute atomic E-state index is 0.0285. The number of aromatic hydroxyl groups is 1. The fourth-order valence-corrected chi connectivity index (χ4v) is 5.87. The number of halogens is 1. The molecule has 4 nitrogen and oxygen atoms in total. The molecule has 28 heavy (non-hydrogen) atoms. The Hall–Kier alpha value is -1.63. The number of rotatable bonds is 3. The number of hydrogen-bond donors (Lipinski definition) is 2. The average molecular weight is 435 g/mol. The van der Waals surface area contributed by atoms with Crippen molar-refractivity contribution >= 4 is 39.9 Å². The Kier molecular flexibility index (Phi) is 5.14. The van der Waals surface area contributed by atoms with Crippen molar-refractivity contribution in [1.29, 1.82) is 0 Å². The Morgan fingerprint density at radius 2 is 2.32 bits per heavy atom. The average Bonchev–Trinajstić information content (AvgIpc) is 3.14. The molecule has 0 amide bonds. The standard InChI is InChI=1S/C21H23ClN2O2S2/c1-4-7-28-19-23-20(2,3)12-21(24-19)11-14(18-6-5-8-27-18)13-9-15(22)16(25)10-17(13)26-21/h4-6,8-10,14,25H,1,7,11-12H2,2-3H3,(H,23,24)/t14-,21+/m1/s1. The maximum Gasteiger partial charge on any atom is 0.206 e. The highest BCUT2D eigenvalue weighted by atomic mass is 35.5. The summed E-state index contributed by atoms with van der Waals surface area (Å²) in [5, 5.41) is 17.0. The fourth-order valence-electron chi connectivity index (χ4n) is 4.00. The molecule has 2 N–H and O–H groups in total. The second kappa shape index (κ2) is 7.32. The van der Waals surface area contributed by atoms with Crippen LogP contribution in [0.25, 0.3) is 0 Å². The zero-order valence-corrected chi connectivity index (χ0v) is 18.3. The van der Waals surface area contributed by atoms with Crippen LogP contribution >= 0.6 is 34.7 Å². The first-order valence-corrected chi connectivity index (χ1v) is 11.4. The predicted octanol–water partition coefficient (Wildman–Crippen LogP) is 5.76. The van der Waals surface area contributed by atoms with E-state index in [9.17, 15) is 5.11 Å². The van der Waals surface area contributed by atoms with Crippen molar-refractivity contribution in [1.82, 2.24) is 5.32 Å². The van der Waals surface area contributed by atoms with Gasteiger partial charge in [-0.05, 0) is 31.4 Å². The first kappa shape index (κ1) is 19.7. The van der Waals surface area contributed by atoms with Crippen molar-refractivity contribution in [2.75, 3.05) is 5.75 Å². The van der Waals surface area contributed by atoms with Gasteiger partial charge in [0, 0.05) is 46.6 Å². The molecular weight excluding hydrogens is 412 g/mol. The number of fused-ring (bicyclic) bond motifs is 1. The molecule has 2 aromatic rings. The number of phenols is 1. The number of nitrogens with zero attached hydrogens (tertiary/aromatic N) is 1. The Morgan fingerprint density at radius 3 is 3.04 bits per heavy atom. The molecule has 0 aliphatic carbocycles. The van der Waals surface area contributed by atoms with Gasteiger partial charge < -0.3 is 15.2 Å². The summed E-state index contributed by atoms with van der Waals surface area (Å²) < 4.78 is 6.49. The molecule has 1 aromatic heterocycles. The van der Waals surface area contributed by atoms with Crippen LogP contribution in [-0.2, 0) is 0 Å². The third-order valence-corrected chi connectivity index (χ3v) is 7.13. The highest BCUT2D eigenvalue weighted by Gasteiger charge is 2.48. The van der Waals surface area contributed by atoms with Crippen LogP contribution in [0.15, 0.2) is 47.3 Å². The summed E-state index contributed by atoms with van der Waals surface area (Å²) in [6.45, 7) is 8.13. The first-order valence-electron chi connectivity index (χ1n) is 9.17. The Morgan fingerprint density at radius 1 is 1.50 bits per heavy atom. The summed E-state index contributed by atoms with van der Waals surface area (Å²) in [6.07, 6.45) is 3.32. The van der Waals surface area contributed by atoms with Gasteiger partial charge in [-0.1, -0.05) is 35.5 Å². The van der Waals surface area contributed by atoms with E-state index in [2.05, 4.69) is 43.3 Å². The summed E-state index contributed by atoms with van der Waals surface area (Å²) in [5.74, 6) is 1.58. The summed E-state index contributed by atoms with van der Waals surface area (Å²) in [5.41, 5.74) is 0.139. The zero-order chi connectivity index (χ0) is 19.9. The second-order valence-electron chi connectivity index (χ2n) is 7.86. The van der Waals surface area contributed by atoms with Gasteiger partial charge in [0.25, 0.3) is 0 Å². The minimum Gasteiger partial charge on any atom is -0.506 e. The monoisotopic (exact) mass is 434 g/mol. The molecule has 4 rings (SSSR count). The van der Waals surface area contributed by atoms with Crippen LogP contribution in [0, 0.1) is 0 Å². The van der Waals surface area contributed by atoms with Gasteiger partial charge in [-0.25, -0.2) is 4.99 Å². The number of amidine groups is 1. The normalized spacial score (nSPS) is 25.4. The summed E-state index contributed by atoms with van der Waals surface area (Å²) in [6, 6.07) is 7.65. The molecule has 0 radical (unpaired) electrons. The Labute approximate surface area is 178 Å². The molecule has 0 saturated carbocycles. The van der Waals surface area contributed by atoms with Crippen LogP contribution in [0.1, 0.15) is 43.0 Å². The van der Waals surface area contributed by atoms with E-state index in [1.165, 1.54) is 4.88 Å². The van der Waals surface area contributed by atoms with Gasteiger partial charge in [-0.2, -0.15) is 0 Å². The second-order valence-corrected chi connectivity index (χ2v) is 10.3. The van der Waals surface area contributed by atoms with Crippen molar-refractivity contribution in [3.05, 3.63) is 57.8 Å². The lowest BCUT2D eigenvalue weighted by Crippen LogP contribution is -2.57. The van der Waals surface area contributed by atoms with Crippen LogP contribution < -0.4 is 10.1 Å². The molecule has 148 valence electrons. The van der Waals surface area contributed by atoms with E-state index in [0.717, 1.165) is 29.3 Å². The molecule has 2 aliphatic heterocycles. The third-order valence-electron chi connectivity index (χ3n) is 4.97. The lowest BCUT2D eigenvalue weighted by molar-refractivity contribution is 0.0137. The molecule has 0 saturated heterocycles. The number of benzene rings is 1. The van der Waals surface area contributed by atoms with Gasteiger partial charge in [0.2, 0.25) is 5.72 Å². The van der Waals surface area contributed by atoms with Gasteiger partial charge in [0.05, 0.1) is 5.02 Å². The summed E-state index contributed by atoms with van der Waals surface area (Å²) >= 11 is 9.57. The van der Waals surface area contributed by atoms with Crippen molar-refractivity contribution in [2.24, 2.45) is 4.99 Å². The third kappa shape index (κ3) is 3.78. The van der Waals surface area contributed by atoms with Crippen molar-refractivity contribution in [3.63, 3.8) is 0 Å². The molecule has 7 heteroatoms. The lowest BCUT2D eigenvalue weighted by Gasteiger charge is -2.47. The number of hydrogen-bond acceptors (Lipinski definition) is 6. The van der Waals surface area contributed by atoms with E-state index in [1.807, 2.05) is 12.1 Å². The molecular formula is C21H23ClN2O2S2. The van der Waals surface area contributed by atoms with Crippen molar-refractivity contribution in [2.45, 2.75) is 43.9 Å². The first-order chi connectivity index (χ1) is 13.3. The van der Waals surface area contributed by atoms with Gasteiger partial charge >= 0.3 is 0 Å². The molecule has 0 fully saturated rings. The molecule has 2 atom stereocenters. The van der Waals surface area contributed by atoms with Crippen LogP contribution in [0.2, 0.25) is 5.02 Å². The number of thioether (sulfide) groups is 1. The van der Waals surface area contributed by atoms with Crippen molar-refractivity contribution in [3.8, 4) is 11.5 Å². The molecule has 3 heterocycles. The summed E-state index contributed by atoms with van der Waals surface area (Å²) in [4.78, 5) is 6.25. The number of phenolic OH excluding ortho intramolecular Hbond substituents is 1. The predicted molar refractivity (Wildman–Crippen MR) is 119 cm³/mol. The smallest absolute Gasteiger partial charge is 0.206 e. The van der Waals surface area contributed by atoms with Crippen LogP contribution in [0.3, 0.4) is 0 Å². The SMILES string of the molecule is C=CCSC1=N[C@]2(C[C@@H](c3cccs3)c3cc(Cl)c(O)cc3O2)CC(C)(C)N1. The number of aliphatic imine (C=N–C) groups is 1. The van der Waals surface area contributed by atoms with Crippen LogP contribution in [0.4, 0.5) is 0 Å². The van der Waals surface area contributed by atoms with Crippen LogP contribution in [-0.4, -0.2) is 27.3 Å². The van der Waals surface area contributed by atoms with Gasteiger partial charge in [0.1, 0.15) is 11.5 Å². The molecule has 2 aliphatic rings. The molecule has 0 bridgehead atoms. The molecule has 0 unspecified atom stereocenters. The quantitative estimate of drug-likeness (QED) is 0.602. The van der Waals surface area contributed by atoms with E-state index < -0.39 is 5.72 Å². The number of thiophene rings is 1. The fraction of sp³-hybridized carbons (Fsp3) is 0.381. The minimum atomic E-state index is -0.694. The van der Waals surface area contributed by atoms with Gasteiger partial charge in [-0.3, -0.25) is 0 Å². The maximum absolute atomic E-state index is 10.2. The highest BCUT2D eigenvalue weighted by Crippen LogP contribution is 2.51. The Balaban J connectivity index is 1.82. The largest absolute Gasteiger partial charge is 0.506 e. The number of ether oxygens (including phenoxy) is 1. The maximum atomic E-state index is 10.2. The van der Waals surface area contributed by atoms with Crippen LogP contribution in [0.5, 0.6) is 11.5 Å². The zero-order valence-electron chi connectivity index (χ0n) is 15.9. The molecule has 1 aromatic carbocycles. The summed E-state index contributed by atoms with van der Waals surface area (Å²) in [7, 11) is 0. The van der Waals surface area contributed by atoms with Gasteiger partial charge in [-0.15, -0.1) is 17.9 Å². The molecule has 1 spiro atoms. The topological polar surface area (TPSA) is 53.9 Å². The number of nitrogens with one attached hydrogen (secondary N) is 1. The lowest BCUT2D eigenvalue weighted by atomic mass is 9.80. The van der Waals surface area contributed by atoms with Crippen molar-refractivity contribution < 1.29 is 9.84 Å². The van der Waals surface area contributed by atoms with E-state index in [4.69, 9.17) is 21.3 Å². The van der Waals surface area contributed by atoms with E-state index in [-0.39, 0.29) is 17.2 Å².